The Morgan fingerprint density at radius 3 is 2.75 bits per heavy atom. The smallest absolute Gasteiger partial charge is 0.230 e. The standard InChI is InChI=1S/C24H21N5O2S/c1-16-7-2-3-8-17(16)14-29-20-11-5-4-10-19(20)22-23(29)26-24(28-27-22)32-15-21(30)25-13-18-9-6-12-31-18/h2-12H,13-15H2,1H3,(H,25,30). The lowest BCUT2D eigenvalue weighted by Gasteiger charge is -2.09. The maximum absolute atomic E-state index is 12.2. The summed E-state index contributed by atoms with van der Waals surface area (Å²) in [4.78, 5) is 17.0. The Morgan fingerprint density at radius 2 is 1.91 bits per heavy atom. The van der Waals surface area contributed by atoms with Gasteiger partial charge in [-0.05, 0) is 36.2 Å². The van der Waals surface area contributed by atoms with Gasteiger partial charge in [-0.25, -0.2) is 4.98 Å². The normalized spacial score (nSPS) is 11.3. The van der Waals surface area contributed by atoms with E-state index in [4.69, 9.17) is 9.40 Å². The maximum atomic E-state index is 12.2. The number of hydrogen-bond acceptors (Lipinski definition) is 6. The molecule has 160 valence electrons. The van der Waals surface area contributed by atoms with Gasteiger partial charge in [0.1, 0.15) is 11.3 Å². The van der Waals surface area contributed by atoms with Crippen LogP contribution in [0.15, 0.2) is 76.5 Å². The van der Waals surface area contributed by atoms with Crippen molar-refractivity contribution < 1.29 is 9.21 Å². The van der Waals surface area contributed by atoms with Gasteiger partial charge in [0.25, 0.3) is 0 Å². The van der Waals surface area contributed by atoms with Gasteiger partial charge in [0.05, 0.1) is 24.1 Å². The number of benzene rings is 2. The summed E-state index contributed by atoms with van der Waals surface area (Å²) in [6, 6.07) is 20.1. The Bertz CT molecular complexity index is 1390. The van der Waals surface area contributed by atoms with Crippen LogP contribution in [0.2, 0.25) is 0 Å². The highest BCUT2D eigenvalue weighted by Crippen LogP contribution is 2.28. The predicted octanol–water partition coefficient (Wildman–Crippen LogP) is 4.34. The number of fused-ring (bicyclic) bond motifs is 3. The Hall–Kier alpha value is -3.65. The number of aromatic nitrogens is 4. The number of amides is 1. The first-order valence-electron chi connectivity index (χ1n) is 10.3. The van der Waals surface area contributed by atoms with Crippen LogP contribution >= 0.6 is 11.8 Å². The predicted molar refractivity (Wildman–Crippen MR) is 124 cm³/mol. The van der Waals surface area contributed by atoms with E-state index in [9.17, 15) is 4.79 Å². The van der Waals surface area contributed by atoms with E-state index in [1.54, 1.807) is 12.3 Å². The van der Waals surface area contributed by atoms with Crippen molar-refractivity contribution in [2.45, 2.75) is 25.2 Å². The summed E-state index contributed by atoms with van der Waals surface area (Å²) in [5, 5.41) is 13.0. The average Bonchev–Trinajstić information content (AvgIpc) is 3.44. The van der Waals surface area contributed by atoms with Crippen LogP contribution in [0.25, 0.3) is 22.1 Å². The zero-order valence-corrected chi connectivity index (χ0v) is 18.3. The minimum atomic E-state index is -0.115. The van der Waals surface area contributed by atoms with Gasteiger partial charge in [-0.15, -0.1) is 10.2 Å². The molecule has 1 amide bonds. The van der Waals surface area contributed by atoms with Crippen LogP contribution in [0.1, 0.15) is 16.9 Å². The molecule has 5 rings (SSSR count). The summed E-state index contributed by atoms with van der Waals surface area (Å²) in [7, 11) is 0. The second-order valence-corrected chi connectivity index (χ2v) is 8.38. The molecule has 0 fully saturated rings. The van der Waals surface area contributed by atoms with Gasteiger partial charge in [-0.1, -0.05) is 54.2 Å². The van der Waals surface area contributed by atoms with Gasteiger partial charge >= 0.3 is 0 Å². The first kappa shape index (κ1) is 20.3. The van der Waals surface area contributed by atoms with Crippen molar-refractivity contribution in [2.75, 3.05) is 5.75 Å². The summed E-state index contributed by atoms with van der Waals surface area (Å²) in [6.45, 7) is 3.15. The number of thioether (sulfide) groups is 1. The highest BCUT2D eigenvalue weighted by atomic mass is 32.2. The van der Waals surface area contributed by atoms with Gasteiger partial charge in [-0.3, -0.25) is 4.79 Å². The molecule has 0 saturated carbocycles. The van der Waals surface area contributed by atoms with E-state index < -0.39 is 0 Å². The van der Waals surface area contributed by atoms with E-state index in [1.165, 1.54) is 22.9 Å². The Balaban J connectivity index is 1.41. The molecule has 1 N–H and O–H groups in total. The fourth-order valence-corrected chi connectivity index (χ4v) is 4.26. The Morgan fingerprint density at radius 1 is 1.06 bits per heavy atom. The first-order chi connectivity index (χ1) is 15.7. The van der Waals surface area contributed by atoms with E-state index >= 15 is 0 Å². The lowest BCUT2D eigenvalue weighted by molar-refractivity contribution is -0.118. The van der Waals surface area contributed by atoms with Gasteiger partial charge in [0, 0.05) is 11.9 Å². The molecule has 0 bridgehead atoms. The highest BCUT2D eigenvalue weighted by Gasteiger charge is 2.16. The highest BCUT2D eigenvalue weighted by molar-refractivity contribution is 7.99. The van der Waals surface area contributed by atoms with Crippen LogP contribution in [0.5, 0.6) is 0 Å². The third-order valence-electron chi connectivity index (χ3n) is 5.32. The fourth-order valence-electron chi connectivity index (χ4n) is 3.65. The fraction of sp³-hybridized carbons (Fsp3) is 0.167. The number of rotatable bonds is 7. The van der Waals surface area contributed by atoms with Crippen LogP contribution in [0, 0.1) is 6.92 Å². The van der Waals surface area contributed by atoms with Crippen LogP contribution in [0.3, 0.4) is 0 Å². The van der Waals surface area contributed by atoms with Gasteiger partial charge in [0.2, 0.25) is 11.1 Å². The molecule has 32 heavy (non-hydrogen) atoms. The van der Waals surface area contributed by atoms with Crippen molar-refractivity contribution in [1.82, 2.24) is 25.1 Å². The van der Waals surface area contributed by atoms with Crippen LogP contribution in [-0.2, 0) is 17.9 Å². The molecule has 0 spiro atoms. The van der Waals surface area contributed by atoms with Crippen molar-refractivity contribution in [2.24, 2.45) is 0 Å². The van der Waals surface area contributed by atoms with E-state index in [-0.39, 0.29) is 11.7 Å². The lowest BCUT2D eigenvalue weighted by Crippen LogP contribution is -2.24. The second-order valence-electron chi connectivity index (χ2n) is 7.44. The number of carbonyl (C=O) groups is 1. The molecule has 0 unspecified atom stereocenters. The minimum Gasteiger partial charge on any atom is -0.467 e. The van der Waals surface area contributed by atoms with Crippen molar-refractivity contribution >= 4 is 39.7 Å². The van der Waals surface area contributed by atoms with E-state index in [0.717, 1.165) is 22.1 Å². The molecule has 0 aliphatic heterocycles. The summed E-state index contributed by atoms with van der Waals surface area (Å²) in [5.41, 5.74) is 5.04. The minimum absolute atomic E-state index is 0.115. The number of carbonyl (C=O) groups excluding carboxylic acids is 1. The number of hydrogen-bond donors (Lipinski definition) is 1. The molecule has 2 aromatic carbocycles. The molecule has 0 aliphatic carbocycles. The molecule has 0 aliphatic rings. The summed E-state index contributed by atoms with van der Waals surface area (Å²) in [6.07, 6.45) is 1.58. The maximum Gasteiger partial charge on any atom is 0.230 e. The number of nitrogens with zero attached hydrogens (tertiary/aromatic N) is 4. The molecule has 0 saturated heterocycles. The number of nitrogens with one attached hydrogen (secondary N) is 1. The molecular formula is C24H21N5O2S. The molecule has 0 radical (unpaired) electrons. The molecule has 5 aromatic rings. The summed E-state index contributed by atoms with van der Waals surface area (Å²) >= 11 is 1.27. The number of para-hydroxylation sites is 1. The lowest BCUT2D eigenvalue weighted by atomic mass is 10.1. The average molecular weight is 444 g/mol. The first-order valence-corrected chi connectivity index (χ1v) is 11.3. The summed E-state index contributed by atoms with van der Waals surface area (Å²) in [5.74, 6) is 0.797. The molecule has 3 heterocycles. The van der Waals surface area contributed by atoms with Gasteiger partial charge in [-0.2, -0.15) is 0 Å². The third kappa shape index (κ3) is 4.09. The van der Waals surface area contributed by atoms with Crippen molar-refractivity contribution in [3.63, 3.8) is 0 Å². The van der Waals surface area contributed by atoms with Crippen LogP contribution in [0.4, 0.5) is 0 Å². The molecule has 7 nitrogen and oxygen atoms in total. The molecular weight excluding hydrogens is 422 g/mol. The van der Waals surface area contributed by atoms with Crippen LogP contribution < -0.4 is 5.32 Å². The number of furan rings is 1. The zero-order valence-electron chi connectivity index (χ0n) is 17.5. The Labute approximate surface area is 188 Å². The summed E-state index contributed by atoms with van der Waals surface area (Å²) < 4.78 is 7.40. The second kappa shape index (κ2) is 8.84. The molecule has 3 aromatic heterocycles. The van der Waals surface area contributed by atoms with Gasteiger partial charge < -0.3 is 14.3 Å². The van der Waals surface area contributed by atoms with Crippen molar-refractivity contribution in [3.8, 4) is 0 Å². The SMILES string of the molecule is Cc1ccccc1Cn1c2ccccc2c2nnc(SCC(=O)NCc3ccco3)nc21. The monoisotopic (exact) mass is 443 g/mol. The van der Waals surface area contributed by atoms with Crippen molar-refractivity contribution in [3.05, 3.63) is 83.8 Å². The van der Waals surface area contributed by atoms with Gasteiger partial charge in [0.15, 0.2) is 5.65 Å². The Kier molecular flexibility index (Phi) is 5.60. The largest absolute Gasteiger partial charge is 0.467 e. The molecule has 0 atom stereocenters. The van der Waals surface area contributed by atoms with E-state index in [1.807, 2.05) is 36.4 Å². The number of aryl methyl sites for hydroxylation is 1. The van der Waals surface area contributed by atoms with E-state index in [2.05, 4.69) is 45.2 Å². The van der Waals surface area contributed by atoms with Crippen molar-refractivity contribution in [1.29, 1.82) is 0 Å². The van der Waals surface area contributed by atoms with E-state index in [0.29, 0.717) is 24.0 Å². The quantitative estimate of drug-likeness (QED) is 0.377. The van der Waals surface area contributed by atoms with Crippen LogP contribution in [-0.4, -0.2) is 31.4 Å². The topological polar surface area (TPSA) is 85.8 Å². The third-order valence-corrected chi connectivity index (χ3v) is 6.15. The molecule has 8 heteroatoms. The zero-order chi connectivity index (χ0) is 21.9.